The van der Waals surface area contributed by atoms with Crippen molar-refractivity contribution in [2.45, 2.75) is 46.5 Å². The molecule has 0 saturated carbocycles. The number of halogens is 1. The van der Waals surface area contributed by atoms with Gasteiger partial charge in [-0.25, -0.2) is 0 Å². The van der Waals surface area contributed by atoms with Gasteiger partial charge >= 0.3 is 0 Å². The Morgan fingerprint density at radius 1 is 1.25 bits per heavy atom. The lowest BCUT2D eigenvalue weighted by Gasteiger charge is -2.41. The Labute approximate surface area is 130 Å². The summed E-state index contributed by atoms with van der Waals surface area (Å²) in [5.74, 6) is 0.168. The first-order chi connectivity index (χ1) is 9.53. The summed E-state index contributed by atoms with van der Waals surface area (Å²) < 4.78 is 0.938. The molecule has 1 aromatic carbocycles. The summed E-state index contributed by atoms with van der Waals surface area (Å²) in [5.41, 5.74) is 2.37. The molecule has 0 N–H and O–H groups in total. The molecule has 0 radical (unpaired) electrons. The van der Waals surface area contributed by atoms with Crippen LogP contribution in [0.25, 0.3) is 0 Å². The molecule has 20 heavy (non-hydrogen) atoms. The van der Waals surface area contributed by atoms with Crippen LogP contribution in [0.3, 0.4) is 0 Å². The summed E-state index contributed by atoms with van der Waals surface area (Å²) in [6.45, 7) is 8.36. The number of benzene rings is 1. The van der Waals surface area contributed by atoms with E-state index in [1.54, 1.807) is 0 Å². The number of likely N-dealkylation sites (tertiary alicyclic amines) is 1. The van der Waals surface area contributed by atoms with Gasteiger partial charge in [0.25, 0.3) is 5.91 Å². The lowest BCUT2D eigenvalue weighted by atomic mass is 9.74. The number of carbonyl (C=O) groups excluding carboxylic acids is 1. The lowest BCUT2D eigenvalue weighted by Crippen LogP contribution is -2.42. The van der Waals surface area contributed by atoms with Crippen molar-refractivity contribution in [1.29, 1.82) is 0 Å². The van der Waals surface area contributed by atoms with Gasteiger partial charge in [0, 0.05) is 17.6 Å². The fourth-order valence-electron chi connectivity index (χ4n) is 3.12. The topological polar surface area (TPSA) is 20.3 Å². The van der Waals surface area contributed by atoms with Crippen molar-refractivity contribution in [2.24, 2.45) is 5.41 Å². The summed E-state index contributed by atoms with van der Waals surface area (Å²) in [5, 5.41) is 0. The largest absolute Gasteiger partial charge is 0.339 e. The number of aryl methyl sites for hydroxylation is 1. The van der Waals surface area contributed by atoms with Crippen LogP contribution >= 0.6 is 15.9 Å². The van der Waals surface area contributed by atoms with E-state index >= 15 is 0 Å². The molecule has 1 fully saturated rings. The monoisotopic (exact) mass is 337 g/mol. The number of hydrogen-bond acceptors (Lipinski definition) is 1. The highest BCUT2D eigenvalue weighted by Gasteiger charge is 2.33. The van der Waals surface area contributed by atoms with E-state index in [0.717, 1.165) is 41.5 Å². The maximum absolute atomic E-state index is 12.7. The van der Waals surface area contributed by atoms with Crippen molar-refractivity contribution in [1.82, 2.24) is 4.90 Å². The van der Waals surface area contributed by atoms with E-state index < -0.39 is 0 Å². The molecule has 110 valence electrons. The van der Waals surface area contributed by atoms with Crippen LogP contribution in [0.5, 0.6) is 0 Å². The highest BCUT2D eigenvalue weighted by Crippen LogP contribution is 2.38. The van der Waals surface area contributed by atoms with Gasteiger partial charge in [-0.05, 0) is 52.7 Å². The Morgan fingerprint density at radius 2 is 1.85 bits per heavy atom. The Balaban J connectivity index is 2.11. The van der Waals surface area contributed by atoms with Crippen LogP contribution in [-0.2, 0) is 0 Å². The minimum Gasteiger partial charge on any atom is -0.339 e. The van der Waals surface area contributed by atoms with E-state index in [1.807, 2.05) is 30.0 Å². The number of hydrogen-bond donors (Lipinski definition) is 0. The number of carbonyl (C=O) groups is 1. The fraction of sp³-hybridized carbons (Fsp3) is 0.588. The molecule has 1 aromatic rings. The van der Waals surface area contributed by atoms with Crippen molar-refractivity contribution in [3.63, 3.8) is 0 Å². The Bertz CT molecular complexity index is 484. The molecule has 1 aliphatic rings. The second-order valence-electron chi connectivity index (χ2n) is 5.94. The minimum atomic E-state index is 0.168. The van der Waals surface area contributed by atoms with E-state index in [2.05, 4.69) is 29.8 Å². The quantitative estimate of drug-likeness (QED) is 0.775. The zero-order chi connectivity index (χ0) is 14.8. The van der Waals surface area contributed by atoms with Gasteiger partial charge in [0.05, 0.1) is 5.56 Å². The Kier molecular flexibility index (Phi) is 4.90. The summed E-state index contributed by atoms with van der Waals surface area (Å²) in [6, 6.07) is 5.90. The van der Waals surface area contributed by atoms with Crippen molar-refractivity contribution in [3.05, 3.63) is 33.8 Å². The van der Waals surface area contributed by atoms with Gasteiger partial charge in [-0.1, -0.05) is 38.8 Å². The van der Waals surface area contributed by atoms with Gasteiger partial charge in [-0.3, -0.25) is 4.79 Å². The van der Waals surface area contributed by atoms with Crippen molar-refractivity contribution >= 4 is 21.8 Å². The first-order valence-corrected chi connectivity index (χ1v) is 8.36. The average molecular weight is 338 g/mol. The number of piperidine rings is 1. The van der Waals surface area contributed by atoms with Crippen molar-refractivity contribution in [3.8, 4) is 0 Å². The van der Waals surface area contributed by atoms with E-state index in [9.17, 15) is 4.79 Å². The molecule has 1 aliphatic heterocycles. The summed E-state index contributed by atoms with van der Waals surface area (Å²) in [6.07, 6.45) is 4.71. The van der Waals surface area contributed by atoms with Crippen LogP contribution in [0.2, 0.25) is 0 Å². The van der Waals surface area contributed by atoms with Crippen LogP contribution in [0, 0.1) is 12.3 Å². The van der Waals surface area contributed by atoms with Gasteiger partial charge in [-0.2, -0.15) is 0 Å². The second kappa shape index (κ2) is 6.30. The molecule has 1 saturated heterocycles. The second-order valence-corrected chi connectivity index (χ2v) is 6.73. The van der Waals surface area contributed by atoms with Crippen LogP contribution in [0.1, 0.15) is 55.5 Å². The molecule has 1 amide bonds. The minimum absolute atomic E-state index is 0.168. The smallest absolute Gasteiger partial charge is 0.255 e. The van der Waals surface area contributed by atoms with Crippen LogP contribution < -0.4 is 0 Å². The average Bonchev–Trinajstić information content (AvgIpc) is 2.49. The number of rotatable bonds is 3. The number of amides is 1. The highest BCUT2D eigenvalue weighted by atomic mass is 79.9. The Morgan fingerprint density at radius 3 is 2.40 bits per heavy atom. The van der Waals surface area contributed by atoms with Gasteiger partial charge in [0.2, 0.25) is 0 Å². The lowest BCUT2D eigenvalue weighted by molar-refractivity contribution is 0.0557. The molecule has 0 unspecified atom stereocenters. The third kappa shape index (κ3) is 2.93. The normalized spacial score (nSPS) is 18.1. The summed E-state index contributed by atoms with van der Waals surface area (Å²) >= 11 is 3.55. The van der Waals surface area contributed by atoms with Crippen LogP contribution in [-0.4, -0.2) is 23.9 Å². The fourth-order valence-corrected chi connectivity index (χ4v) is 3.56. The molecule has 0 aromatic heterocycles. The van der Waals surface area contributed by atoms with Crippen molar-refractivity contribution in [2.75, 3.05) is 13.1 Å². The molecule has 0 atom stereocenters. The van der Waals surface area contributed by atoms with Crippen LogP contribution in [0.15, 0.2) is 22.7 Å². The van der Waals surface area contributed by atoms with Crippen molar-refractivity contribution < 1.29 is 4.79 Å². The predicted octanol–water partition coefficient (Wildman–Crippen LogP) is 4.80. The van der Waals surface area contributed by atoms with E-state index in [-0.39, 0.29) is 5.91 Å². The van der Waals surface area contributed by atoms with Gasteiger partial charge < -0.3 is 4.90 Å². The molecule has 2 rings (SSSR count). The zero-order valence-electron chi connectivity index (χ0n) is 12.7. The van der Waals surface area contributed by atoms with Gasteiger partial charge in [0.15, 0.2) is 0 Å². The number of nitrogens with zero attached hydrogens (tertiary/aromatic N) is 1. The van der Waals surface area contributed by atoms with Gasteiger partial charge in [-0.15, -0.1) is 0 Å². The maximum atomic E-state index is 12.7. The molecule has 0 bridgehead atoms. The standard InChI is InChI=1S/C17H24BrNO/c1-4-17(5-2)9-11-19(12-10-17)16(20)14-8-6-7-13(3)15(14)18/h6-8H,4-5,9-12H2,1-3H3. The first kappa shape index (κ1) is 15.6. The molecular weight excluding hydrogens is 314 g/mol. The zero-order valence-corrected chi connectivity index (χ0v) is 14.3. The molecular formula is C17H24BrNO. The molecule has 3 heteroatoms. The maximum Gasteiger partial charge on any atom is 0.255 e. The van der Waals surface area contributed by atoms with Crippen LogP contribution in [0.4, 0.5) is 0 Å². The molecule has 1 heterocycles. The van der Waals surface area contributed by atoms with E-state index in [0.29, 0.717) is 5.41 Å². The molecule has 0 aliphatic carbocycles. The van der Waals surface area contributed by atoms with E-state index in [4.69, 9.17) is 0 Å². The predicted molar refractivity (Wildman–Crippen MR) is 87.0 cm³/mol. The SMILES string of the molecule is CCC1(CC)CCN(C(=O)c2cccc(C)c2Br)CC1. The van der Waals surface area contributed by atoms with E-state index in [1.165, 1.54) is 12.8 Å². The third-order valence-electron chi connectivity index (χ3n) is 5.03. The summed E-state index contributed by atoms with van der Waals surface area (Å²) in [7, 11) is 0. The molecule has 2 nitrogen and oxygen atoms in total. The highest BCUT2D eigenvalue weighted by molar-refractivity contribution is 9.10. The summed E-state index contributed by atoms with van der Waals surface area (Å²) in [4.78, 5) is 14.7. The first-order valence-electron chi connectivity index (χ1n) is 7.57. The van der Waals surface area contributed by atoms with Gasteiger partial charge in [0.1, 0.15) is 0 Å². The third-order valence-corrected chi connectivity index (χ3v) is 6.09. The Hall–Kier alpha value is -0.830. The molecule has 0 spiro atoms.